The molecule has 0 spiro atoms. The third-order valence-corrected chi connectivity index (χ3v) is 3.30. The fourth-order valence-corrected chi connectivity index (χ4v) is 2.08. The molecular weight excluding hydrogens is 288 g/mol. The van der Waals surface area contributed by atoms with Crippen molar-refractivity contribution in [1.82, 2.24) is 0 Å². The molecule has 4 heteroatoms. The molecular formula is C17H15ClO3. The van der Waals surface area contributed by atoms with Gasteiger partial charge in [0.15, 0.2) is 17.3 Å². The second kappa shape index (κ2) is 6.95. The van der Waals surface area contributed by atoms with Crippen LogP contribution in [0.3, 0.4) is 0 Å². The molecule has 0 aliphatic carbocycles. The van der Waals surface area contributed by atoms with E-state index in [0.29, 0.717) is 27.6 Å². The predicted molar refractivity (Wildman–Crippen MR) is 84.4 cm³/mol. The molecule has 0 heterocycles. The Hall–Kier alpha value is -2.26. The van der Waals surface area contributed by atoms with E-state index in [0.717, 1.165) is 0 Å². The van der Waals surface area contributed by atoms with E-state index in [-0.39, 0.29) is 5.78 Å². The molecule has 0 saturated carbocycles. The molecule has 0 N–H and O–H groups in total. The summed E-state index contributed by atoms with van der Waals surface area (Å²) in [5.74, 6) is 1.03. The zero-order chi connectivity index (χ0) is 15.2. The Morgan fingerprint density at radius 2 is 1.67 bits per heavy atom. The van der Waals surface area contributed by atoms with Crippen LogP contribution in [0.5, 0.6) is 11.5 Å². The number of allylic oxidation sites excluding steroid dienone is 1. The zero-order valence-electron chi connectivity index (χ0n) is 11.8. The predicted octanol–water partition coefficient (Wildman–Crippen LogP) is 4.25. The van der Waals surface area contributed by atoms with E-state index in [1.54, 1.807) is 44.6 Å². The molecule has 2 aromatic rings. The minimum atomic E-state index is -0.0820. The van der Waals surface area contributed by atoms with E-state index in [9.17, 15) is 4.79 Å². The summed E-state index contributed by atoms with van der Waals surface area (Å²) in [4.78, 5) is 12.0. The van der Waals surface area contributed by atoms with Crippen molar-refractivity contribution in [3.05, 3.63) is 64.7 Å². The Morgan fingerprint density at radius 3 is 2.29 bits per heavy atom. The van der Waals surface area contributed by atoms with Crippen LogP contribution in [0, 0.1) is 0 Å². The summed E-state index contributed by atoms with van der Waals surface area (Å²) in [6, 6.07) is 12.4. The number of ketones is 1. The Morgan fingerprint density at radius 1 is 1.05 bits per heavy atom. The standard InChI is InChI=1S/C17H15ClO3/c1-20-16-10-13(14(18)11-17(16)21-2)8-9-15(19)12-6-4-3-5-7-12/h3-11H,1-2H3/b9-8+. The van der Waals surface area contributed by atoms with Crippen molar-refractivity contribution >= 4 is 23.5 Å². The van der Waals surface area contributed by atoms with Gasteiger partial charge in [0, 0.05) is 11.6 Å². The Kier molecular flexibility index (Phi) is 5.01. The smallest absolute Gasteiger partial charge is 0.185 e. The lowest BCUT2D eigenvalue weighted by molar-refractivity contribution is 0.104. The highest BCUT2D eigenvalue weighted by Gasteiger charge is 2.08. The number of halogens is 1. The second-order valence-corrected chi connectivity index (χ2v) is 4.70. The molecule has 0 aromatic heterocycles. The first-order chi connectivity index (χ1) is 10.2. The average Bonchev–Trinajstić information content (AvgIpc) is 2.53. The largest absolute Gasteiger partial charge is 0.493 e. The fraction of sp³-hybridized carbons (Fsp3) is 0.118. The molecule has 0 bridgehead atoms. The maximum Gasteiger partial charge on any atom is 0.185 e. The average molecular weight is 303 g/mol. The molecule has 0 atom stereocenters. The number of carbonyl (C=O) groups excluding carboxylic acids is 1. The van der Waals surface area contributed by atoms with Crippen molar-refractivity contribution in [1.29, 1.82) is 0 Å². The Balaban J connectivity index is 2.27. The van der Waals surface area contributed by atoms with Crippen molar-refractivity contribution in [3.63, 3.8) is 0 Å². The van der Waals surface area contributed by atoms with Gasteiger partial charge in [0.25, 0.3) is 0 Å². The molecule has 0 saturated heterocycles. The van der Waals surface area contributed by atoms with Crippen LogP contribution in [-0.2, 0) is 0 Å². The van der Waals surface area contributed by atoms with Gasteiger partial charge in [-0.2, -0.15) is 0 Å². The maximum atomic E-state index is 12.0. The summed E-state index contributed by atoms with van der Waals surface area (Å²) in [7, 11) is 3.09. The quantitative estimate of drug-likeness (QED) is 0.612. The normalized spacial score (nSPS) is 10.6. The molecule has 0 fully saturated rings. The van der Waals surface area contributed by atoms with Crippen molar-refractivity contribution in [2.24, 2.45) is 0 Å². The van der Waals surface area contributed by atoms with Crippen molar-refractivity contribution in [2.45, 2.75) is 0 Å². The number of rotatable bonds is 5. The van der Waals surface area contributed by atoms with E-state index < -0.39 is 0 Å². The van der Waals surface area contributed by atoms with Crippen LogP contribution in [0.25, 0.3) is 6.08 Å². The summed E-state index contributed by atoms with van der Waals surface area (Å²) in [6.45, 7) is 0. The maximum absolute atomic E-state index is 12.0. The van der Waals surface area contributed by atoms with Gasteiger partial charge in [-0.15, -0.1) is 0 Å². The summed E-state index contributed by atoms with van der Waals surface area (Å²) in [5.41, 5.74) is 1.32. The van der Waals surface area contributed by atoms with Gasteiger partial charge in [0.1, 0.15) is 0 Å². The minimum Gasteiger partial charge on any atom is -0.493 e. The van der Waals surface area contributed by atoms with Crippen molar-refractivity contribution in [2.75, 3.05) is 14.2 Å². The SMILES string of the molecule is COc1cc(Cl)c(/C=C/C(=O)c2ccccc2)cc1OC. The van der Waals surface area contributed by atoms with Gasteiger partial charge in [-0.3, -0.25) is 4.79 Å². The van der Waals surface area contributed by atoms with E-state index >= 15 is 0 Å². The van der Waals surface area contributed by atoms with Crippen LogP contribution in [0.15, 0.2) is 48.5 Å². The molecule has 0 aliphatic rings. The van der Waals surface area contributed by atoms with E-state index in [1.165, 1.54) is 6.08 Å². The first-order valence-corrected chi connectivity index (χ1v) is 6.72. The first kappa shape index (κ1) is 15.1. The lowest BCUT2D eigenvalue weighted by Crippen LogP contribution is -1.94. The number of methoxy groups -OCH3 is 2. The first-order valence-electron chi connectivity index (χ1n) is 6.34. The van der Waals surface area contributed by atoms with E-state index in [2.05, 4.69) is 0 Å². The highest BCUT2D eigenvalue weighted by molar-refractivity contribution is 6.32. The van der Waals surface area contributed by atoms with Gasteiger partial charge < -0.3 is 9.47 Å². The van der Waals surface area contributed by atoms with Gasteiger partial charge >= 0.3 is 0 Å². The third-order valence-electron chi connectivity index (χ3n) is 2.98. The molecule has 21 heavy (non-hydrogen) atoms. The summed E-state index contributed by atoms with van der Waals surface area (Å²) in [5, 5.41) is 0.491. The molecule has 0 amide bonds. The minimum absolute atomic E-state index is 0.0820. The zero-order valence-corrected chi connectivity index (χ0v) is 12.6. The lowest BCUT2D eigenvalue weighted by atomic mass is 10.1. The Labute approximate surface area is 128 Å². The monoisotopic (exact) mass is 302 g/mol. The topological polar surface area (TPSA) is 35.5 Å². The molecule has 0 radical (unpaired) electrons. The Bertz CT molecular complexity index is 663. The van der Waals surface area contributed by atoms with Crippen LogP contribution >= 0.6 is 11.6 Å². The number of benzene rings is 2. The van der Waals surface area contributed by atoms with Gasteiger partial charge in [0.05, 0.1) is 19.2 Å². The summed E-state index contributed by atoms with van der Waals surface area (Å²) >= 11 is 6.17. The number of hydrogen-bond donors (Lipinski definition) is 0. The van der Waals surface area contributed by atoms with E-state index in [1.807, 2.05) is 18.2 Å². The van der Waals surface area contributed by atoms with Crippen molar-refractivity contribution < 1.29 is 14.3 Å². The fourth-order valence-electron chi connectivity index (χ4n) is 1.86. The van der Waals surface area contributed by atoms with Gasteiger partial charge in [-0.05, 0) is 23.8 Å². The van der Waals surface area contributed by atoms with Crippen LogP contribution in [0.4, 0.5) is 0 Å². The van der Waals surface area contributed by atoms with Gasteiger partial charge in [-0.25, -0.2) is 0 Å². The van der Waals surface area contributed by atoms with Crippen LogP contribution < -0.4 is 9.47 Å². The van der Waals surface area contributed by atoms with Crippen LogP contribution in [0.2, 0.25) is 5.02 Å². The highest BCUT2D eigenvalue weighted by Crippen LogP contribution is 2.33. The number of hydrogen-bond acceptors (Lipinski definition) is 3. The number of ether oxygens (including phenoxy) is 2. The summed E-state index contributed by atoms with van der Waals surface area (Å²) < 4.78 is 10.4. The second-order valence-electron chi connectivity index (χ2n) is 4.29. The molecule has 0 unspecified atom stereocenters. The lowest BCUT2D eigenvalue weighted by Gasteiger charge is -2.09. The van der Waals surface area contributed by atoms with Crippen molar-refractivity contribution in [3.8, 4) is 11.5 Å². The molecule has 2 aromatic carbocycles. The molecule has 108 valence electrons. The van der Waals surface area contributed by atoms with E-state index in [4.69, 9.17) is 21.1 Å². The molecule has 0 aliphatic heterocycles. The third kappa shape index (κ3) is 3.64. The van der Waals surface area contributed by atoms with Crippen LogP contribution in [-0.4, -0.2) is 20.0 Å². The van der Waals surface area contributed by atoms with Gasteiger partial charge in [-0.1, -0.05) is 41.9 Å². The highest BCUT2D eigenvalue weighted by atomic mass is 35.5. The summed E-state index contributed by atoms with van der Waals surface area (Å²) in [6.07, 6.45) is 3.15. The molecule has 2 rings (SSSR count). The van der Waals surface area contributed by atoms with Crippen LogP contribution in [0.1, 0.15) is 15.9 Å². The van der Waals surface area contributed by atoms with Gasteiger partial charge in [0.2, 0.25) is 0 Å². The number of carbonyl (C=O) groups is 1. The molecule has 3 nitrogen and oxygen atoms in total.